The summed E-state index contributed by atoms with van der Waals surface area (Å²) in [6, 6.07) is 72.1. The maximum Gasteiger partial charge on any atom is 0.252 e. The fourth-order valence-electron chi connectivity index (χ4n) is 14.5. The van der Waals surface area contributed by atoms with Crippen LogP contribution in [0.25, 0.3) is 44.2 Å². The number of fused-ring (bicyclic) bond motifs is 10. The van der Waals surface area contributed by atoms with Crippen LogP contribution in [0.3, 0.4) is 0 Å². The van der Waals surface area contributed by atoms with Crippen LogP contribution in [0.15, 0.2) is 192 Å². The van der Waals surface area contributed by atoms with Gasteiger partial charge in [0.1, 0.15) is 5.58 Å². The highest BCUT2D eigenvalue weighted by Gasteiger charge is 2.58. The van der Waals surface area contributed by atoms with E-state index in [0.29, 0.717) is 0 Å². The smallest absolute Gasteiger partial charge is 0.252 e. The molecule has 0 N–H and O–H groups in total. The van der Waals surface area contributed by atoms with E-state index in [0.717, 1.165) is 40.5 Å². The lowest BCUT2D eigenvalue weighted by Gasteiger charge is -2.51. The molecule has 14 rings (SSSR count). The molecule has 0 radical (unpaired) electrons. The van der Waals surface area contributed by atoms with Crippen molar-refractivity contribution in [1.29, 1.82) is 0 Å². The Morgan fingerprint density at radius 3 is 1.62 bits per heavy atom. The molecule has 0 saturated heterocycles. The Kier molecular flexibility index (Phi) is 10.9. The minimum absolute atomic E-state index is 0.0646. The summed E-state index contributed by atoms with van der Waals surface area (Å²) >= 11 is 0. The molecule has 4 heterocycles. The normalized spacial score (nSPS) is 18.6. The van der Waals surface area contributed by atoms with Crippen molar-refractivity contribution in [2.24, 2.45) is 0 Å². The molecule has 1 aromatic heterocycles. The zero-order valence-corrected chi connectivity index (χ0v) is 48.1. The Bertz CT molecular complexity index is 4100. The third-order valence-corrected chi connectivity index (χ3v) is 19.1. The Morgan fingerprint density at radius 2 is 0.975 bits per heavy atom. The summed E-state index contributed by atoms with van der Waals surface area (Å²) in [7, 11) is 0. The van der Waals surface area contributed by atoms with Gasteiger partial charge in [0, 0.05) is 55.9 Å². The maximum atomic E-state index is 7.12. The molecule has 2 unspecified atom stereocenters. The molecule has 5 heteroatoms. The maximum absolute atomic E-state index is 7.12. The van der Waals surface area contributed by atoms with E-state index in [1.807, 2.05) is 0 Å². The molecule has 79 heavy (non-hydrogen) atoms. The highest BCUT2D eigenvalue weighted by molar-refractivity contribution is 7.00. The number of hydrogen-bond donors (Lipinski definition) is 0. The quantitative estimate of drug-likeness (QED) is 0.160. The average Bonchev–Trinajstić information content (AvgIpc) is 3.72. The molecule has 1 saturated carbocycles. The van der Waals surface area contributed by atoms with Crippen LogP contribution >= 0.6 is 0 Å². The SMILES string of the molecule is CC(C)(C)c1ccc(N2c3cc(C(C)(C)C)ccc3B3c4ccc(C(C)(C)C)cc4N(c4cccc5c4oc4ccccc45)c4cc(N5c6ccc(-c7ccccc7)cc6C6(C)CCCCC56C)cc2c43)c(-c2ccccc2)c1. The zero-order valence-electron chi connectivity index (χ0n) is 48.1. The van der Waals surface area contributed by atoms with Gasteiger partial charge in [-0.05, 0) is 152 Å². The molecule has 3 aliphatic heterocycles. The van der Waals surface area contributed by atoms with Crippen LogP contribution in [0.4, 0.5) is 45.5 Å². The number of benzene rings is 9. The molecule has 4 aliphatic rings. The number of rotatable bonds is 5. The predicted octanol–water partition coefficient (Wildman–Crippen LogP) is 18.6. The van der Waals surface area contributed by atoms with Gasteiger partial charge in [-0.1, -0.05) is 209 Å². The summed E-state index contributed by atoms with van der Waals surface area (Å²) in [5.41, 5.74) is 25.0. The predicted molar refractivity (Wildman–Crippen MR) is 338 cm³/mol. The molecule has 0 spiro atoms. The third kappa shape index (κ3) is 7.47. The minimum atomic E-state index is -0.223. The lowest BCUT2D eigenvalue weighted by Crippen LogP contribution is -2.61. The monoisotopic (exact) mass is 1030 g/mol. The van der Waals surface area contributed by atoms with Gasteiger partial charge in [0.2, 0.25) is 0 Å². The fourth-order valence-corrected chi connectivity index (χ4v) is 14.5. The van der Waals surface area contributed by atoms with Crippen molar-refractivity contribution in [2.75, 3.05) is 14.7 Å². The summed E-state index contributed by atoms with van der Waals surface area (Å²) in [6.07, 6.45) is 4.61. The summed E-state index contributed by atoms with van der Waals surface area (Å²) in [6.45, 7) is 26.2. The second-order valence-electron chi connectivity index (χ2n) is 26.9. The van der Waals surface area contributed by atoms with Gasteiger partial charge in [0.15, 0.2) is 5.58 Å². The van der Waals surface area contributed by atoms with Gasteiger partial charge in [-0.2, -0.15) is 0 Å². The third-order valence-electron chi connectivity index (χ3n) is 19.1. The van der Waals surface area contributed by atoms with E-state index in [9.17, 15) is 0 Å². The van der Waals surface area contributed by atoms with Crippen molar-refractivity contribution >= 4 is 90.5 Å². The van der Waals surface area contributed by atoms with Crippen molar-refractivity contribution < 1.29 is 4.42 Å². The molecule has 1 fully saturated rings. The number of para-hydroxylation sites is 2. The number of nitrogens with zero attached hydrogens (tertiary/aromatic N) is 3. The van der Waals surface area contributed by atoms with E-state index >= 15 is 0 Å². The Balaban J connectivity index is 1.14. The average molecular weight is 1030 g/mol. The van der Waals surface area contributed by atoms with Crippen molar-refractivity contribution in [3.05, 3.63) is 210 Å². The topological polar surface area (TPSA) is 22.9 Å². The van der Waals surface area contributed by atoms with Gasteiger partial charge < -0.3 is 19.1 Å². The van der Waals surface area contributed by atoms with Crippen LogP contribution in [0.1, 0.15) is 124 Å². The summed E-state index contributed by atoms with van der Waals surface area (Å²) in [5.74, 6) is 0. The standard InChI is InChI=1S/C74H72BN3O/c1-70(2,3)50-34-38-60(56(42-50)48-25-16-13-17-26-48)76-63-43-51(71(4,5)6)32-35-58(63)75-59-36-33-52(72(7,8)9)44-64(59)77(62-29-22-28-55-54-27-18-19-30-67(54)79-69(55)62)66-46-53(45-65(76)68(66)75)78-61-37-31-49(47-23-14-12-15-24-47)41-57(61)73(10)39-20-21-40-74(73,78)11/h12-19,22-38,41-46H,20-21,39-40H2,1-11H3. The lowest BCUT2D eigenvalue weighted by molar-refractivity contribution is 0.195. The van der Waals surface area contributed by atoms with Gasteiger partial charge in [0.05, 0.1) is 16.9 Å². The van der Waals surface area contributed by atoms with E-state index < -0.39 is 0 Å². The van der Waals surface area contributed by atoms with Gasteiger partial charge in [-0.15, -0.1) is 0 Å². The van der Waals surface area contributed by atoms with E-state index in [1.165, 1.54) is 114 Å². The summed E-state index contributed by atoms with van der Waals surface area (Å²) < 4.78 is 7.12. The Hall–Kier alpha value is -7.76. The Labute approximate surface area is 468 Å². The van der Waals surface area contributed by atoms with Crippen LogP contribution < -0.4 is 31.1 Å². The number of anilines is 8. The summed E-state index contributed by atoms with van der Waals surface area (Å²) in [4.78, 5) is 8.10. The second kappa shape index (κ2) is 17.4. The van der Waals surface area contributed by atoms with Crippen LogP contribution in [0.2, 0.25) is 0 Å². The first-order chi connectivity index (χ1) is 37.8. The highest BCUT2D eigenvalue weighted by atomic mass is 16.3. The molecule has 9 aromatic carbocycles. The van der Waals surface area contributed by atoms with Gasteiger partial charge >= 0.3 is 0 Å². The first-order valence-corrected chi connectivity index (χ1v) is 29.0. The first kappa shape index (κ1) is 49.5. The van der Waals surface area contributed by atoms with Gasteiger partial charge in [-0.3, -0.25) is 0 Å². The van der Waals surface area contributed by atoms with Crippen LogP contribution in [0.5, 0.6) is 0 Å². The molecule has 0 bridgehead atoms. The van der Waals surface area contributed by atoms with Crippen molar-refractivity contribution in [3.63, 3.8) is 0 Å². The van der Waals surface area contributed by atoms with Gasteiger partial charge in [0.25, 0.3) is 6.71 Å². The van der Waals surface area contributed by atoms with Crippen LogP contribution in [-0.2, 0) is 21.7 Å². The largest absolute Gasteiger partial charge is 0.454 e. The minimum Gasteiger partial charge on any atom is -0.454 e. The summed E-state index contributed by atoms with van der Waals surface area (Å²) in [5, 5.41) is 2.25. The Morgan fingerprint density at radius 1 is 0.430 bits per heavy atom. The first-order valence-electron chi connectivity index (χ1n) is 29.0. The molecule has 10 aromatic rings. The lowest BCUT2D eigenvalue weighted by atomic mass is 9.33. The van der Waals surface area contributed by atoms with Crippen molar-refractivity contribution in [2.45, 2.75) is 129 Å². The molecule has 1 aliphatic carbocycles. The van der Waals surface area contributed by atoms with E-state index in [1.54, 1.807) is 0 Å². The van der Waals surface area contributed by atoms with E-state index in [-0.39, 0.29) is 33.9 Å². The molecule has 0 amide bonds. The van der Waals surface area contributed by atoms with E-state index in [2.05, 4.69) is 279 Å². The zero-order chi connectivity index (χ0) is 54.5. The highest BCUT2D eigenvalue weighted by Crippen LogP contribution is 2.62. The number of hydrogen-bond acceptors (Lipinski definition) is 4. The molecular formula is C74H72BN3O. The van der Waals surface area contributed by atoms with Crippen LogP contribution in [0, 0.1) is 0 Å². The molecule has 392 valence electrons. The molecular weight excluding hydrogens is 958 g/mol. The van der Waals surface area contributed by atoms with Crippen LogP contribution in [-0.4, -0.2) is 12.3 Å². The van der Waals surface area contributed by atoms with E-state index in [4.69, 9.17) is 4.42 Å². The fraction of sp³-hybridized carbons (Fsp3) is 0.270. The van der Waals surface area contributed by atoms with Crippen molar-refractivity contribution in [1.82, 2.24) is 0 Å². The number of furan rings is 1. The molecule has 2 atom stereocenters. The molecule has 4 nitrogen and oxygen atoms in total. The van der Waals surface area contributed by atoms with Gasteiger partial charge in [-0.25, -0.2) is 0 Å². The second-order valence-corrected chi connectivity index (χ2v) is 26.9. The van der Waals surface area contributed by atoms with Crippen molar-refractivity contribution in [3.8, 4) is 22.3 Å².